The highest BCUT2D eigenvalue weighted by molar-refractivity contribution is 8.01. The zero-order valence-electron chi connectivity index (χ0n) is 9.66. The predicted octanol–water partition coefficient (Wildman–Crippen LogP) is 2.08. The minimum Gasteiger partial charge on any atom is -0.368 e. The molecule has 1 unspecified atom stereocenters. The average molecular weight is 258 g/mol. The lowest BCUT2D eigenvalue weighted by Gasteiger charge is -2.26. The molecule has 0 saturated carbocycles. The summed E-state index contributed by atoms with van der Waals surface area (Å²) < 4.78 is 1.28. The Morgan fingerprint density at radius 2 is 2.44 bits per heavy atom. The lowest BCUT2D eigenvalue weighted by Crippen LogP contribution is -2.53. The van der Waals surface area contributed by atoms with Gasteiger partial charge in [0.1, 0.15) is 0 Å². The molecule has 0 aliphatic rings. The summed E-state index contributed by atoms with van der Waals surface area (Å²) in [5.41, 5.74) is 4.82. The zero-order chi connectivity index (χ0) is 12.0. The van der Waals surface area contributed by atoms with Crippen LogP contribution in [0, 0.1) is 0 Å². The van der Waals surface area contributed by atoms with Crippen LogP contribution in [-0.2, 0) is 4.79 Å². The van der Waals surface area contributed by atoms with Gasteiger partial charge in [0.2, 0.25) is 5.91 Å². The van der Waals surface area contributed by atoms with Gasteiger partial charge in [-0.25, -0.2) is 0 Å². The smallest absolute Gasteiger partial charge is 0.237 e. The predicted molar refractivity (Wildman–Crippen MR) is 70.9 cm³/mol. The Balaban J connectivity index is 2.41. The highest BCUT2D eigenvalue weighted by Crippen LogP contribution is 2.25. The Kier molecular flexibility index (Phi) is 5.31. The fourth-order valence-electron chi connectivity index (χ4n) is 1.39. The molecular formula is C11H18N2OS2. The number of hydrogen-bond donors (Lipinski definition) is 2. The fourth-order valence-corrected chi connectivity index (χ4v) is 3.41. The Hall–Kier alpha value is -0.520. The Morgan fingerprint density at radius 1 is 1.69 bits per heavy atom. The third-order valence-electron chi connectivity index (χ3n) is 2.45. The van der Waals surface area contributed by atoms with Crippen molar-refractivity contribution < 1.29 is 4.79 Å². The van der Waals surface area contributed by atoms with Crippen LogP contribution in [0.1, 0.15) is 20.3 Å². The van der Waals surface area contributed by atoms with Gasteiger partial charge in [-0.3, -0.25) is 4.79 Å². The molecule has 1 amide bonds. The molecule has 1 aromatic rings. The van der Waals surface area contributed by atoms with E-state index in [2.05, 4.69) is 16.8 Å². The van der Waals surface area contributed by atoms with Gasteiger partial charge >= 0.3 is 0 Å². The average Bonchev–Trinajstić information content (AvgIpc) is 2.70. The van der Waals surface area contributed by atoms with Crippen LogP contribution in [0.25, 0.3) is 0 Å². The van der Waals surface area contributed by atoms with Crippen molar-refractivity contribution in [1.29, 1.82) is 0 Å². The molecule has 0 saturated heterocycles. The first-order chi connectivity index (χ1) is 7.58. The molecule has 1 aromatic heterocycles. The van der Waals surface area contributed by atoms with E-state index in [1.165, 1.54) is 4.21 Å². The van der Waals surface area contributed by atoms with Gasteiger partial charge in [-0.1, -0.05) is 13.0 Å². The van der Waals surface area contributed by atoms with Crippen molar-refractivity contribution in [1.82, 2.24) is 5.32 Å². The van der Waals surface area contributed by atoms with Gasteiger partial charge in [0.25, 0.3) is 0 Å². The van der Waals surface area contributed by atoms with Crippen LogP contribution in [-0.4, -0.2) is 23.7 Å². The summed E-state index contributed by atoms with van der Waals surface area (Å²) in [5.74, 6) is 0.619. The quantitative estimate of drug-likeness (QED) is 0.736. The van der Waals surface area contributed by atoms with Gasteiger partial charge in [0.15, 0.2) is 0 Å². The number of nitrogens with one attached hydrogen (secondary N) is 1. The summed E-state index contributed by atoms with van der Waals surface area (Å²) in [6.45, 7) is 4.60. The molecule has 90 valence electrons. The van der Waals surface area contributed by atoms with Gasteiger partial charge in [-0.15, -0.1) is 23.1 Å². The highest BCUT2D eigenvalue weighted by atomic mass is 32.2. The molecule has 0 aliphatic carbocycles. The molecule has 0 aromatic carbocycles. The summed E-state index contributed by atoms with van der Waals surface area (Å²) in [6, 6.07) is 4.12. The van der Waals surface area contributed by atoms with E-state index < -0.39 is 5.54 Å². The normalized spacial score (nSPS) is 14.6. The second-order valence-electron chi connectivity index (χ2n) is 3.76. The number of thiophene rings is 1. The van der Waals surface area contributed by atoms with Crippen LogP contribution in [0.15, 0.2) is 21.7 Å². The topological polar surface area (TPSA) is 55.1 Å². The Bertz CT molecular complexity index is 327. The maximum absolute atomic E-state index is 11.4. The number of rotatable bonds is 7. The number of carbonyl (C=O) groups is 1. The standard InChI is InChI=1S/C11H18N2OS2/c1-3-13-11(2,10(12)14)6-8-16-9-5-4-7-15-9/h4-5,7,13H,3,6,8H2,1-2H3,(H2,12,14). The first-order valence-electron chi connectivity index (χ1n) is 5.29. The van der Waals surface area contributed by atoms with Gasteiger partial charge < -0.3 is 11.1 Å². The van der Waals surface area contributed by atoms with Crippen molar-refractivity contribution >= 4 is 29.0 Å². The summed E-state index contributed by atoms with van der Waals surface area (Å²) >= 11 is 3.49. The van der Waals surface area contributed by atoms with Crippen LogP contribution in [0.2, 0.25) is 0 Å². The summed E-state index contributed by atoms with van der Waals surface area (Å²) in [5, 5.41) is 5.21. The van der Waals surface area contributed by atoms with Crippen molar-refractivity contribution in [3.05, 3.63) is 17.5 Å². The molecule has 3 nitrogen and oxygen atoms in total. The second kappa shape index (κ2) is 6.27. The Labute approximate surface area is 105 Å². The third-order valence-corrected chi connectivity index (χ3v) is 4.58. The molecule has 1 heterocycles. The third kappa shape index (κ3) is 3.81. The maximum Gasteiger partial charge on any atom is 0.237 e. The van der Waals surface area contributed by atoms with E-state index in [0.717, 1.165) is 18.7 Å². The van der Waals surface area contributed by atoms with Crippen molar-refractivity contribution in [3.8, 4) is 0 Å². The van der Waals surface area contributed by atoms with E-state index in [1.807, 2.05) is 19.9 Å². The molecule has 0 fully saturated rings. The first kappa shape index (κ1) is 13.5. The summed E-state index contributed by atoms with van der Waals surface area (Å²) in [6.07, 6.45) is 0.749. The van der Waals surface area contributed by atoms with Gasteiger partial charge in [0, 0.05) is 5.75 Å². The minimum atomic E-state index is -0.584. The van der Waals surface area contributed by atoms with Gasteiger partial charge in [-0.2, -0.15) is 0 Å². The molecule has 3 N–H and O–H groups in total. The van der Waals surface area contributed by atoms with E-state index in [1.54, 1.807) is 23.1 Å². The van der Waals surface area contributed by atoms with E-state index in [0.29, 0.717) is 0 Å². The van der Waals surface area contributed by atoms with E-state index in [4.69, 9.17) is 5.73 Å². The van der Waals surface area contributed by atoms with Crippen molar-refractivity contribution in [2.45, 2.75) is 30.0 Å². The van der Waals surface area contributed by atoms with Gasteiger partial charge in [0.05, 0.1) is 9.75 Å². The number of amides is 1. The minimum absolute atomic E-state index is 0.277. The molecule has 0 radical (unpaired) electrons. The lowest BCUT2D eigenvalue weighted by atomic mass is 9.98. The van der Waals surface area contributed by atoms with E-state index in [-0.39, 0.29) is 5.91 Å². The number of likely N-dealkylation sites (N-methyl/N-ethyl adjacent to an activating group) is 1. The molecule has 0 spiro atoms. The largest absolute Gasteiger partial charge is 0.368 e. The highest BCUT2D eigenvalue weighted by Gasteiger charge is 2.29. The van der Waals surface area contributed by atoms with Crippen LogP contribution >= 0.6 is 23.1 Å². The van der Waals surface area contributed by atoms with Crippen molar-refractivity contribution in [3.63, 3.8) is 0 Å². The number of thioether (sulfide) groups is 1. The molecule has 5 heteroatoms. The van der Waals surface area contributed by atoms with Crippen LogP contribution in [0.4, 0.5) is 0 Å². The number of carbonyl (C=O) groups excluding carboxylic acids is 1. The van der Waals surface area contributed by atoms with Crippen LogP contribution in [0.5, 0.6) is 0 Å². The summed E-state index contributed by atoms with van der Waals surface area (Å²) in [4.78, 5) is 11.4. The molecular weight excluding hydrogens is 240 g/mol. The fraction of sp³-hybridized carbons (Fsp3) is 0.545. The summed E-state index contributed by atoms with van der Waals surface area (Å²) in [7, 11) is 0. The number of hydrogen-bond acceptors (Lipinski definition) is 4. The SMILES string of the molecule is CCNC(C)(CCSc1cccs1)C(N)=O. The molecule has 1 rings (SSSR count). The van der Waals surface area contributed by atoms with Gasteiger partial charge in [-0.05, 0) is 31.3 Å². The second-order valence-corrected chi connectivity index (χ2v) is 6.10. The maximum atomic E-state index is 11.4. The lowest BCUT2D eigenvalue weighted by molar-refractivity contribution is -0.123. The number of primary amides is 1. The van der Waals surface area contributed by atoms with E-state index >= 15 is 0 Å². The molecule has 0 bridgehead atoms. The monoisotopic (exact) mass is 258 g/mol. The molecule has 16 heavy (non-hydrogen) atoms. The Morgan fingerprint density at radius 3 is 2.94 bits per heavy atom. The zero-order valence-corrected chi connectivity index (χ0v) is 11.3. The molecule has 1 atom stereocenters. The molecule has 0 aliphatic heterocycles. The first-order valence-corrected chi connectivity index (χ1v) is 7.16. The van der Waals surface area contributed by atoms with E-state index in [9.17, 15) is 4.79 Å². The van der Waals surface area contributed by atoms with Crippen molar-refractivity contribution in [2.75, 3.05) is 12.3 Å². The number of nitrogens with two attached hydrogens (primary N) is 1. The van der Waals surface area contributed by atoms with Crippen molar-refractivity contribution in [2.24, 2.45) is 5.73 Å². The van der Waals surface area contributed by atoms with Crippen LogP contribution in [0.3, 0.4) is 0 Å². The van der Waals surface area contributed by atoms with Crippen LogP contribution < -0.4 is 11.1 Å².